The molecule has 0 aromatic carbocycles. The van der Waals surface area contributed by atoms with Crippen molar-refractivity contribution in [3.05, 3.63) is 21.9 Å². The molecule has 0 aliphatic carbocycles. The van der Waals surface area contributed by atoms with Crippen molar-refractivity contribution in [2.45, 2.75) is 19.4 Å². The molecule has 80 valence electrons. The molecule has 1 aromatic rings. The van der Waals surface area contributed by atoms with Crippen LogP contribution in [0, 0.1) is 12.3 Å². The lowest BCUT2D eigenvalue weighted by Gasteiger charge is -1.99. The second-order valence-corrected chi connectivity index (χ2v) is 4.15. The summed E-state index contributed by atoms with van der Waals surface area (Å²) in [6.45, 7) is 1.66. The Kier molecular flexibility index (Phi) is 4.88. The van der Waals surface area contributed by atoms with E-state index in [2.05, 4.69) is 11.2 Å². The van der Waals surface area contributed by atoms with Crippen molar-refractivity contribution in [2.24, 2.45) is 5.73 Å². The Morgan fingerprint density at radius 3 is 3.07 bits per heavy atom. The van der Waals surface area contributed by atoms with Gasteiger partial charge in [0.1, 0.15) is 0 Å². The fourth-order valence-electron chi connectivity index (χ4n) is 1.13. The van der Waals surface area contributed by atoms with Gasteiger partial charge in [0.15, 0.2) is 0 Å². The van der Waals surface area contributed by atoms with Crippen molar-refractivity contribution in [2.75, 3.05) is 6.54 Å². The molecule has 4 heteroatoms. The van der Waals surface area contributed by atoms with Crippen LogP contribution in [0.2, 0.25) is 0 Å². The van der Waals surface area contributed by atoms with E-state index in [-0.39, 0.29) is 5.91 Å². The molecule has 0 aliphatic rings. The van der Waals surface area contributed by atoms with E-state index in [0.717, 1.165) is 30.8 Å². The second kappa shape index (κ2) is 6.23. The van der Waals surface area contributed by atoms with E-state index >= 15 is 0 Å². The van der Waals surface area contributed by atoms with Gasteiger partial charge in [-0.3, -0.25) is 4.79 Å². The third kappa shape index (κ3) is 4.15. The summed E-state index contributed by atoms with van der Waals surface area (Å²) in [4.78, 5) is 11.9. The predicted octanol–water partition coefficient (Wildman–Crippen LogP) is 1.35. The van der Waals surface area contributed by atoms with Crippen molar-refractivity contribution in [3.63, 3.8) is 0 Å². The zero-order chi connectivity index (χ0) is 11.1. The number of thiophene rings is 1. The monoisotopic (exact) mass is 222 g/mol. The molecule has 0 atom stereocenters. The highest BCUT2D eigenvalue weighted by Crippen LogP contribution is 2.13. The average molecular weight is 222 g/mol. The lowest BCUT2D eigenvalue weighted by molar-refractivity contribution is 0.100. The molecule has 0 unspecified atom stereocenters. The van der Waals surface area contributed by atoms with Crippen LogP contribution in [0.25, 0.3) is 0 Å². The quantitative estimate of drug-likeness (QED) is 0.564. The summed E-state index contributed by atoms with van der Waals surface area (Å²) < 4.78 is 0. The zero-order valence-electron chi connectivity index (χ0n) is 8.45. The normalized spacial score (nSPS) is 9.80. The van der Waals surface area contributed by atoms with E-state index in [1.54, 1.807) is 5.38 Å². The van der Waals surface area contributed by atoms with Gasteiger partial charge in [-0.05, 0) is 19.0 Å². The van der Waals surface area contributed by atoms with Gasteiger partial charge in [0.2, 0.25) is 5.91 Å². The van der Waals surface area contributed by atoms with Gasteiger partial charge in [-0.2, -0.15) is 0 Å². The third-order valence-electron chi connectivity index (χ3n) is 1.91. The highest BCUT2D eigenvalue weighted by Gasteiger charge is 2.03. The van der Waals surface area contributed by atoms with Crippen LogP contribution in [0.4, 0.5) is 0 Å². The number of hydrogen-bond donors (Lipinski definition) is 2. The minimum absolute atomic E-state index is 0.371. The van der Waals surface area contributed by atoms with E-state index in [1.165, 1.54) is 11.3 Å². The summed E-state index contributed by atoms with van der Waals surface area (Å²) in [6.07, 6.45) is 6.90. The molecule has 0 bridgehead atoms. The Balaban J connectivity index is 2.26. The minimum atomic E-state index is -0.371. The number of hydrogen-bond acceptors (Lipinski definition) is 3. The summed E-state index contributed by atoms with van der Waals surface area (Å²) in [5, 5.41) is 5.03. The molecule has 1 rings (SSSR count). The molecule has 3 nitrogen and oxygen atoms in total. The van der Waals surface area contributed by atoms with E-state index in [9.17, 15) is 4.79 Å². The molecular weight excluding hydrogens is 208 g/mol. The Hall–Kier alpha value is -1.31. The maximum atomic E-state index is 10.8. The van der Waals surface area contributed by atoms with Crippen molar-refractivity contribution in [3.8, 4) is 12.3 Å². The van der Waals surface area contributed by atoms with Crippen LogP contribution in [0.3, 0.4) is 0 Å². The highest BCUT2D eigenvalue weighted by molar-refractivity contribution is 7.10. The largest absolute Gasteiger partial charge is 0.366 e. The fourth-order valence-corrected chi connectivity index (χ4v) is 1.97. The van der Waals surface area contributed by atoms with Crippen molar-refractivity contribution in [1.82, 2.24) is 5.32 Å². The number of nitrogens with one attached hydrogen (secondary N) is 1. The summed E-state index contributed by atoms with van der Waals surface area (Å²) in [7, 11) is 0. The maximum Gasteiger partial charge on any atom is 0.249 e. The molecule has 0 saturated heterocycles. The number of primary amides is 1. The molecule has 1 heterocycles. The third-order valence-corrected chi connectivity index (χ3v) is 2.85. The molecule has 3 N–H and O–H groups in total. The van der Waals surface area contributed by atoms with Gasteiger partial charge < -0.3 is 11.1 Å². The molecule has 0 radical (unpaired) electrons. The number of terminal acetylenes is 1. The van der Waals surface area contributed by atoms with Crippen LogP contribution in [-0.4, -0.2) is 12.5 Å². The maximum absolute atomic E-state index is 10.8. The van der Waals surface area contributed by atoms with Crippen molar-refractivity contribution in [1.29, 1.82) is 0 Å². The first-order valence-electron chi connectivity index (χ1n) is 4.75. The Labute approximate surface area is 93.7 Å². The molecule has 0 fully saturated rings. The first-order valence-corrected chi connectivity index (χ1v) is 5.63. The highest BCUT2D eigenvalue weighted by atomic mass is 32.1. The van der Waals surface area contributed by atoms with E-state index in [0.29, 0.717) is 5.56 Å². The second-order valence-electron chi connectivity index (χ2n) is 3.15. The van der Waals surface area contributed by atoms with Gasteiger partial charge in [0.25, 0.3) is 0 Å². The predicted molar refractivity (Wildman–Crippen MR) is 62.6 cm³/mol. The molecule has 15 heavy (non-hydrogen) atoms. The molecule has 0 spiro atoms. The molecular formula is C11H14N2OS. The Bertz CT molecular complexity index is 365. The fraction of sp³-hybridized carbons (Fsp3) is 0.364. The van der Waals surface area contributed by atoms with Gasteiger partial charge in [0, 0.05) is 23.2 Å². The van der Waals surface area contributed by atoms with Crippen molar-refractivity contribution >= 4 is 17.2 Å². The van der Waals surface area contributed by atoms with E-state index in [1.807, 2.05) is 6.07 Å². The van der Waals surface area contributed by atoms with Crippen LogP contribution >= 0.6 is 11.3 Å². The zero-order valence-corrected chi connectivity index (χ0v) is 9.27. The van der Waals surface area contributed by atoms with Gasteiger partial charge in [0.05, 0.1) is 5.56 Å². The van der Waals surface area contributed by atoms with Crippen LogP contribution in [0.5, 0.6) is 0 Å². The average Bonchev–Trinajstić information content (AvgIpc) is 2.66. The summed E-state index contributed by atoms with van der Waals surface area (Å²) in [5.74, 6) is 2.22. The number of nitrogens with two attached hydrogens (primary N) is 1. The van der Waals surface area contributed by atoms with Crippen LogP contribution < -0.4 is 11.1 Å². The molecule has 0 aliphatic heterocycles. The number of rotatable bonds is 6. The Morgan fingerprint density at radius 1 is 1.67 bits per heavy atom. The van der Waals surface area contributed by atoms with E-state index in [4.69, 9.17) is 12.2 Å². The van der Waals surface area contributed by atoms with Gasteiger partial charge in [-0.15, -0.1) is 23.7 Å². The molecule has 1 amide bonds. The van der Waals surface area contributed by atoms with E-state index < -0.39 is 0 Å². The number of amides is 1. The molecule has 0 saturated carbocycles. The Morgan fingerprint density at radius 2 is 2.47 bits per heavy atom. The number of unbranched alkanes of at least 4 members (excludes halogenated alkanes) is 1. The van der Waals surface area contributed by atoms with Crippen LogP contribution in [-0.2, 0) is 6.54 Å². The first kappa shape index (κ1) is 11.8. The van der Waals surface area contributed by atoms with Crippen molar-refractivity contribution < 1.29 is 4.79 Å². The number of carbonyl (C=O) groups excluding carboxylic acids is 1. The van der Waals surface area contributed by atoms with Gasteiger partial charge >= 0.3 is 0 Å². The summed E-state index contributed by atoms with van der Waals surface area (Å²) in [6, 6.07) is 1.82. The standard InChI is InChI=1S/C11H14N2OS/c1-2-3-4-5-13-7-10-6-9(8-15-10)11(12)14/h1,6,8,13H,3-5,7H2,(H2,12,14). The summed E-state index contributed by atoms with van der Waals surface area (Å²) in [5.41, 5.74) is 5.73. The van der Waals surface area contributed by atoms with Gasteiger partial charge in [-0.1, -0.05) is 0 Å². The molecule has 1 aromatic heterocycles. The topological polar surface area (TPSA) is 55.1 Å². The summed E-state index contributed by atoms with van der Waals surface area (Å²) >= 11 is 1.54. The number of carbonyl (C=O) groups is 1. The lowest BCUT2D eigenvalue weighted by atomic mass is 10.3. The lowest BCUT2D eigenvalue weighted by Crippen LogP contribution is -2.14. The van der Waals surface area contributed by atoms with Gasteiger partial charge in [-0.25, -0.2) is 0 Å². The van der Waals surface area contributed by atoms with Crippen LogP contribution in [0.1, 0.15) is 28.1 Å². The minimum Gasteiger partial charge on any atom is -0.366 e. The first-order chi connectivity index (χ1) is 7.24. The smallest absolute Gasteiger partial charge is 0.249 e. The SMILES string of the molecule is C#CCCCNCc1cc(C(N)=O)cs1. The van der Waals surface area contributed by atoms with Crippen LogP contribution in [0.15, 0.2) is 11.4 Å².